The zero-order valence-corrected chi connectivity index (χ0v) is 16.9. The third kappa shape index (κ3) is 4.11. The van der Waals surface area contributed by atoms with E-state index in [1.807, 2.05) is 62.4 Å². The fraction of sp³-hybridized carbons (Fsp3) is 0.240. The van der Waals surface area contributed by atoms with Crippen LogP contribution >= 0.6 is 0 Å². The Labute approximate surface area is 171 Å². The molecule has 0 fully saturated rings. The Morgan fingerprint density at radius 2 is 1.79 bits per heavy atom. The minimum Gasteiger partial charge on any atom is -0.309 e. The van der Waals surface area contributed by atoms with Crippen molar-refractivity contribution in [2.75, 3.05) is 5.32 Å². The molecule has 2 aromatic carbocycles. The van der Waals surface area contributed by atoms with Crippen molar-refractivity contribution in [1.82, 2.24) is 9.97 Å². The molecule has 0 bridgehead atoms. The van der Waals surface area contributed by atoms with Gasteiger partial charge in [0.05, 0.1) is 11.4 Å². The molecule has 4 heteroatoms. The van der Waals surface area contributed by atoms with E-state index in [4.69, 9.17) is 9.97 Å². The second-order valence-electron chi connectivity index (χ2n) is 7.45. The summed E-state index contributed by atoms with van der Waals surface area (Å²) in [6.45, 7) is 3.94. The molecule has 1 aliphatic carbocycles. The quantitative estimate of drug-likeness (QED) is 0.642. The lowest BCUT2D eigenvalue weighted by Crippen LogP contribution is -2.22. The lowest BCUT2D eigenvalue weighted by molar-refractivity contribution is -0.119. The van der Waals surface area contributed by atoms with Crippen LogP contribution in [0.3, 0.4) is 0 Å². The second kappa shape index (κ2) is 8.39. The number of carbonyl (C=O) groups excluding carboxylic acids is 1. The van der Waals surface area contributed by atoms with Crippen LogP contribution in [-0.4, -0.2) is 15.9 Å². The van der Waals surface area contributed by atoms with Gasteiger partial charge in [0.2, 0.25) is 5.91 Å². The predicted octanol–water partition coefficient (Wildman–Crippen LogP) is 5.40. The fourth-order valence-electron chi connectivity index (χ4n) is 3.47. The van der Waals surface area contributed by atoms with Gasteiger partial charge in [0.1, 0.15) is 5.69 Å². The summed E-state index contributed by atoms with van der Waals surface area (Å²) in [6, 6.07) is 18.4. The Hall–Kier alpha value is -3.27. The van der Waals surface area contributed by atoms with Crippen molar-refractivity contribution >= 4 is 23.9 Å². The topological polar surface area (TPSA) is 54.9 Å². The largest absolute Gasteiger partial charge is 0.309 e. The van der Waals surface area contributed by atoms with Crippen LogP contribution in [0.25, 0.3) is 23.4 Å². The molecule has 0 spiro atoms. The summed E-state index contributed by atoms with van der Waals surface area (Å²) in [5.41, 5.74) is 6.05. The van der Waals surface area contributed by atoms with E-state index >= 15 is 0 Å². The summed E-state index contributed by atoms with van der Waals surface area (Å²) < 4.78 is 0. The van der Waals surface area contributed by atoms with Crippen LogP contribution < -0.4 is 5.32 Å². The molecule has 146 valence electrons. The van der Waals surface area contributed by atoms with Crippen LogP contribution in [0.15, 0.2) is 54.6 Å². The molecule has 0 saturated heterocycles. The molecule has 3 aromatic rings. The summed E-state index contributed by atoms with van der Waals surface area (Å²) in [7, 11) is 0. The first-order valence-electron chi connectivity index (χ1n) is 10.2. The molecular weight excluding hydrogens is 358 g/mol. The molecule has 0 radical (unpaired) electrons. The number of aryl methyl sites for hydroxylation is 2. The van der Waals surface area contributed by atoms with Crippen LogP contribution in [0.2, 0.25) is 0 Å². The molecule has 29 heavy (non-hydrogen) atoms. The number of hydrogen-bond acceptors (Lipinski definition) is 3. The first-order valence-corrected chi connectivity index (χ1v) is 10.2. The number of nitrogens with zero attached hydrogens (tertiary/aromatic N) is 2. The highest BCUT2D eigenvalue weighted by Crippen LogP contribution is 2.33. The van der Waals surface area contributed by atoms with Crippen molar-refractivity contribution in [3.63, 3.8) is 0 Å². The van der Waals surface area contributed by atoms with Crippen molar-refractivity contribution in [1.29, 1.82) is 0 Å². The van der Waals surface area contributed by atoms with Crippen molar-refractivity contribution in [3.05, 3.63) is 77.1 Å². The Morgan fingerprint density at radius 1 is 1.03 bits per heavy atom. The van der Waals surface area contributed by atoms with Crippen molar-refractivity contribution in [3.8, 4) is 11.3 Å². The van der Waals surface area contributed by atoms with Crippen LogP contribution in [0.5, 0.6) is 0 Å². The maximum Gasteiger partial charge on any atom is 0.228 e. The molecule has 0 saturated carbocycles. The molecular formula is C25H25N3O. The standard InChI is InChI=1S/C25H25N3O/c1-3-17(2)25(29)28-24-22(15-13-18-9-5-4-6-10-18)26-23-20-12-8-7-11-19(20)14-16-21(23)27-24/h4-13,15,17H,3,14,16H2,1-2H3,(H,27,28,29). The number of fused-ring (bicyclic) bond motifs is 3. The van der Waals surface area contributed by atoms with E-state index < -0.39 is 0 Å². The van der Waals surface area contributed by atoms with Gasteiger partial charge in [-0.25, -0.2) is 9.97 Å². The minimum atomic E-state index is -0.0699. The van der Waals surface area contributed by atoms with Gasteiger partial charge >= 0.3 is 0 Å². The van der Waals surface area contributed by atoms with Gasteiger partial charge in [0.25, 0.3) is 0 Å². The highest BCUT2D eigenvalue weighted by atomic mass is 16.1. The fourth-order valence-corrected chi connectivity index (χ4v) is 3.47. The molecule has 1 aromatic heterocycles. The number of amides is 1. The second-order valence-corrected chi connectivity index (χ2v) is 7.45. The number of carbonyl (C=O) groups is 1. The van der Waals surface area contributed by atoms with Crippen molar-refractivity contribution in [2.45, 2.75) is 33.1 Å². The number of rotatable bonds is 5. The molecule has 4 nitrogen and oxygen atoms in total. The van der Waals surface area contributed by atoms with E-state index in [0.717, 1.165) is 41.8 Å². The van der Waals surface area contributed by atoms with Gasteiger partial charge in [-0.1, -0.05) is 74.5 Å². The summed E-state index contributed by atoms with van der Waals surface area (Å²) in [6.07, 6.45) is 6.49. The first kappa shape index (κ1) is 19.1. The lowest BCUT2D eigenvalue weighted by atomic mass is 9.92. The normalized spacial score (nSPS) is 13.6. The van der Waals surface area contributed by atoms with Crippen LogP contribution in [0.4, 0.5) is 5.82 Å². The van der Waals surface area contributed by atoms with Gasteiger partial charge < -0.3 is 5.32 Å². The van der Waals surface area contributed by atoms with Gasteiger partial charge in [0.15, 0.2) is 5.82 Å². The number of benzene rings is 2. The molecule has 1 unspecified atom stereocenters. The Balaban J connectivity index is 1.78. The monoisotopic (exact) mass is 383 g/mol. The van der Waals surface area contributed by atoms with E-state index in [2.05, 4.69) is 23.5 Å². The van der Waals surface area contributed by atoms with Gasteiger partial charge in [0, 0.05) is 11.5 Å². The smallest absolute Gasteiger partial charge is 0.228 e. The SMILES string of the molecule is CCC(C)C(=O)Nc1nc2c(nc1C=Cc1ccccc1)-c1ccccc1CC2. The maximum atomic E-state index is 12.5. The minimum absolute atomic E-state index is 0.0210. The van der Waals surface area contributed by atoms with Crippen LogP contribution in [-0.2, 0) is 17.6 Å². The molecule has 4 rings (SSSR count). The third-order valence-electron chi connectivity index (χ3n) is 5.43. The number of nitrogens with one attached hydrogen (secondary N) is 1. The Kier molecular flexibility index (Phi) is 5.52. The maximum absolute atomic E-state index is 12.5. The number of aromatic nitrogens is 2. The van der Waals surface area contributed by atoms with Crippen LogP contribution in [0, 0.1) is 5.92 Å². The predicted molar refractivity (Wildman–Crippen MR) is 118 cm³/mol. The molecule has 1 aliphatic rings. The molecule has 0 aliphatic heterocycles. The summed E-state index contributed by atoms with van der Waals surface area (Å²) in [5, 5.41) is 3.01. The van der Waals surface area contributed by atoms with Crippen molar-refractivity contribution in [2.24, 2.45) is 5.92 Å². The average molecular weight is 383 g/mol. The number of anilines is 1. The Morgan fingerprint density at radius 3 is 2.59 bits per heavy atom. The summed E-state index contributed by atoms with van der Waals surface area (Å²) in [4.78, 5) is 22.3. The lowest BCUT2D eigenvalue weighted by Gasteiger charge is -2.20. The summed E-state index contributed by atoms with van der Waals surface area (Å²) in [5.74, 6) is 0.451. The molecule has 1 N–H and O–H groups in total. The summed E-state index contributed by atoms with van der Waals surface area (Å²) >= 11 is 0. The van der Waals surface area contributed by atoms with E-state index in [9.17, 15) is 4.79 Å². The molecule has 1 atom stereocenters. The van der Waals surface area contributed by atoms with Gasteiger partial charge in [-0.3, -0.25) is 4.79 Å². The average Bonchev–Trinajstić information content (AvgIpc) is 2.77. The third-order valence-corrected chi connectivity index (χ3v) is 5.43. The molecule has 1 amide bonds. The van der Waals surface area contributed by atoms with Gasteiger partial charge in [-0.05, 0) is 36.5 Å². The van der Waals surface area contributed by atoms with Gasteiger partial charge in [-0.15, -0.1) is 0 Å². The van der Waals surface area contributed by atoms with E-state index in [1.54, 1.807) is 0 Å². The first-order chi connectivity index (χ1) is 14.2. The van der Waals surface area contributed by atoms with E-state index in [1.165, 1.54) is 5.56 Å². The van der Waals surface area contributed by atoms with Crippen LogP contribution in [0.1, 0.15) is 42.8 Å². The zero-order valence-electron chi connectivity index (χ0n) is 16.9. The molecule has 1 heterocycles. The van der Waals surface area contributed by atoms with Gasteiger partial charge in [-0.2, -0.15) is 0 Å². The Bertz CT molecular complexity index is 1060. The van der Waals surface area contributed by atoms with E-state index in [0.29, 0.717) is 11.5 Å². The van der Waals surface area contributed by atoms with Crippen molar-refractivity contribution < 1.29 is 4.79 Å². The van der Waals surface area contributed by atoms with E-state index in [-0.39, 0.29) is 11.8 Å². The zero-order chi connectivity index (χ0) is 20.2. The highest BCUT2D eigenvalue weighted by molar-refractivity contribution is 5.93. The number of hydrogen-bond donors (Lipinski definition) is 1. The highest BCUT2D eigenvalue weighted by Gasteiger charge is 2.22.